The largest absolute Gasteiger partial charge is 0.480 e. The number of anilines is 1. The van der Waals surface area contributed by atoms with Crippen molar-refractivity contribution in [1.29, 1.82) is 5.26 Å². The zero-order valence-electron chi connectivity index (χ0n) is 9.94. The highest BCUT2D eigenvalue weighted by Gasteiger charge is 2.22. The van der Waals surface area contributed by atoms with Gasteiger partial charge in [0.15, 0.2) is 11.6 Å². The van der Waals surface area contributed by atoms with Crippen LogP contribution in [0.1, 0.15) is 19.4 Å². The van der Waals surface area contributed by atoms with Crippen LogP contribution in [0.5, 0.6) is 0 Å². The molecule has 0 aliphatic rings. The molecule has 0 radical (unpaired) electrons. The molecule has 0 aliphatic heterocycles. The average Bonchev–Trinajstić information content (AvgIpc) is 2.25. The normalized spacial score (nSPS) is 10.2. The third-order valence-corrected chi connectivity index (χ3v) is 2.36. The number of carboxylic acid groups (broad SMARTS) is 1. The van der Waals surface area contributed by atoms with Gasteiger partial charge < -0.3 is 10.0 Å². The number of nitrogens with zero attached hydrogens (tertiary/aromatic N) is 2. The van der Waals surface area contributed by atoms with Crippen LogP contribution in [0.15, 0.2) is 12.1 Å². The van der Waals surface area contributed by atoms with Gasteiger partial charge in [0.05, 0.1) is 11.6 Å². The summed E-state index contributed by atoms with van der Waals surface area (Å²) >= 11 is 0. The average molecular weight is 254 g/mol. The van der Waals surface area contributed by atoms with Crippen molar-refractivity contribution in [3.05, 3.63) is 29.3 Å². The molecule has 0 spiro atoms. The van der Waals surface area contributed by atoms with Gasteiger partial charge in [-0.15, -0.1) is 0 Å². The Bertz CT molecular complexity index is 486. The number of carbonyl (C=O) groups is 1. The second kappa shape index (κ2) is 5.45. The molecule has 0 aliphatic carbocycles. The molecular formula is C12H12F2N2O2. The summed E-state index contributed by atoms with van der Waals surface area (Å²) in [6, 6.07) is 3.01. The SMILES string of the molecule is CC(C)N(CC(=O)O)c1c(F)cc(C#N)cc1F. The summed E-state index contributed by atoms with van der Waals surface area (Å²) in [5, 5.41) is 17.3. The molecule has 6 heteroatoms. The lowest BCUT2D eigenvalue weighted by molar-refractivity contribution is -0.135. The predicted octanol–water partition coefficient (Wildman–Crippen LogP) is 2.14. The van der Waals surface area contributed by atoms with Gasteiger partial charge in [-0.2, -0.15) is 5.26 Å². The van der Waals surface area contributed by atoms with E-state index in [1.807, 2.05) is 0 Å². The van der Waals surface area contributed by atoms with Crippen molar-refractivity contribution in [3.8, 4) is 6.07 Å². The smallest absolute Gasteiger partial charge is 0.323 e. The minimum Gasteiger partial charge on any atom is -0.480 e. The second-order valence-electron chi connectivity index (χ2n) is 4.02. The Kier molecular flexibility index (Phi) is 4.21. The topological polar surface area (TPSA) is 64.3 Å². The van der Waals surface area contributed by atoms with E-state index in [9.17, 15) is 13.6 Å². The van der Waals surface area contributed by atoms with E-state index in [2.05, 4.69) is 0 Å². The summed E-state index contributed by atoms with van der Waals surface area (Å²) in [6.07, 6.45) is 0. The van der Waals surface area contributed by atoms with E-state index < -0.39 is 35.9 Å². The number of hydrogen-bond acceptors (Lipinski definition) is 3. The van der Waals surface area contributed by atoms with Crippen molar-refractivity contribution in [2.24, 2.45) is 0 Å². The van der Waals surface area contributed by atoms with Crippen LogP contribution in [0.4, 0.5) is 14.5 Å². The summed E-state index contributed by atoms with van der Waals surface area (Å²) < 4.78 is 27.5. The van der Waals surface area contributed by atoms with Crippen molar-refractivity contribution in [2.45, 2.75) is 19.9 Å². The highest BCUT2D eigenvalue weighted by Crippen LogP contribution is 2.26. The van der Waals surface area contributed by atoms with E-state index in [1.165, 1.54) is 0 Å². The summed E-state index contributed by atoms with van der Waals surface area (Å²) in [6.45, 7) is 2.73. The zero-order chi connectivity index (χ0) is 13.9. The molecule has 0 bridgehead atoms. The standard InChI is InChI=1S/C12H12F2N2O2/c1-7(2)16(6-11(17)18)12-9(13)3-8(5-15)4-10(12)14/h3-4,7H,6H2,1-2H3,(H,17,18). The van der Waals surface area contributed by atoms with Crippen LogP contribution in [-0.4, -0.2) is 23.7 Å². The number of nitriles is 1. The Morgan fingerprint density at radius 3 is 2.28 bits per heavy atom. The zero-order valence-corrected chi connectivity index (χ0v) is 9.94. The molecule has 0 atom stereocenters. The van der Waals surface area contributed by atoms with Gasteiger partial charge in [0.25, 0.3) is 0 Å². The van der Waals surface area contributed by atoms with Crippen LogP contribution in [0, 0.1) is 23.0 Å². The van der Waals surface area contributed by atoms with Gasteiger partial charge in [0, 0.05) is 6.04 Å². The lowest BCUT2D eigenvalue weighted by Gasteiger charge is -2.27. The molecule has 0 heterocycles. The first-order valence-corrected chi connectivity index (χ1v) is 5.24. The van der Waals surface area contributed by atoms with Gasteiger partial charge in [-0.25, -0.2) is 8.78 Å². The molecular weight excluding hydrogens is 242 g/mol. The van der Waals surface area contributed by atoms with E-state index >= 15 is 0 Å². The summed E-state index contributed by atoms with van der Waals surface area (Å²) in [7, 11) is 0. The molecule has 1 aromatic rings. The fourth-order valence-electron chi connectivity index (χ4n) is 1.57. The van der Waals surface area contributed by atoms with E-state index in [-0.39, 0.29) is 5.56 Å². The van der Waals surface area contributed by atoms with Gasteiger partial charge in [-0.1, -0.05) is 0 Å². The maximum absolute atomic E-state index is 13.7. The van der Waals surface area contributed by atoms with Gasteiger partial charge >= 0.3 is 5.97 Å². The van der Waals surface area contributed by atoms with Crippen molar-refractivity contribution < 1.29 is 18.7 Å². The molecule has 96 valence electrons. The van der Waals surface area contributed by atoms with E-state index in [0.29, 0.717) is 0 Å². The molecule has 1 aromatic carbocycles. The minimum atomic E-state index is -1.19. The summed E-state index contributed by atoms with van der Waals surface area (Å²) in [4.78, 5) is 11.8. The van der Waals surface area contributed by atoms with Crippen LogP contribution in [0.25, 0.3) is 0 Å². The molecule has 1 rings (SSSR count). The molecule has 0 unspecified atom stereocenters. The molecule has 18 heavy (non-hydrogen) atoms. The first kappa shape index (κ1) is 13.9. The molecule has 0 fully saturated rings. The Balaban J connectivity index is 3.29. The Morgan fingerprint density at radius 2 is 1.94 bits per heavy atom. The van der Waals surface area contributed by atoms with Crippen molar-refractivity contribution in [1.82, 2.24) is 0 Å². The van der Waals surface area contributed by atoms with E-state index in [0.717, 1.165) is 17.0 Å². The number of rotatable bonds is 4. The molecule has 0 amide bonds. The van der Waals surface area contributed by atoms with E-state index in [1.54, 1.807) is 19.9 Å². The molecule has 0 saturated heterocycles. The lowest BCUT2D eigenvalue weighted by Crippen LogP contribution is -2.37. The molecule has 0 aromatic heterocycles. The highest BCUT2D eigenvalue weighted by molar-refractivity contribution is 5.74. The fourth-order valence-corrected chi connectivity index (χ4v) is 1.57. The fraction of sp³-hybridized carbons (Fsp3) is 0.333. The lowest BCUT2D eigenvalue weighted by atomic mass is 10.1. The maximum Gasteiger partial charge on any atom is 0.323 e. The van der Waals surface area contributed by atoms with Crippen molar-refractivity contribution >= 4 is 11.7 Å². The monoisotopic (exact) mass is 254 g/mol. The first-order valence-electron chi connectivity index (χ1n) is 5.24. The number of halogens is 2. The summed E-state index contributed by atoms with van der Waals surface area (Å²) in [5.41, 5.74) is -0.570. The second-order valence-corrected chi connectivity index (χ2v) is 4.02. The quantitative estimate of drug-likeness (QED) is 0.894. The Labute approximate surface area is 103 Å². The van der Waals surface area contributed by atoms with E-state index in [4.69, 9.17) is 10.4 Å². The van der Waals surface area contributed by atoms with Crippen LogP contribution in [0.3, 0.4) is 0 Å². The minimum absolute atomic E-state index is 0.146. The molecule has 4 nitrogen and oxygen atoms in total. The van der Waals surface area contributed by atoms with Gasteiger partial charge in [-0.3, -0.25) is 4.79 Å². The molecule has 1 N–H and O–H groups in total. The van der Waals surface area contributed by atoms with Crippen molar-refractivity contribution in [2.75, 3.05) is 11.4 Å². The Morgan fingerprint density at radius 1 is 1.44 bits per heavy atom. The number of benzene rings is 1. The predicted molar refractivity (Wildman–Crippen MR) is 61.2 cm³/mol. The number of carboxylic acids is 1. The summed E-state index contributed by atoms with van der Waals surface area (Å²) in [5.74, 6) is -3.07. The van der Waals surface area contributed by atoms with Gasteiger partial charge in [0.1, 0.15) is 12.2 Å². The maximum atomic E-state index is 13.7. The first-order chi connectivity index (χ1) is 8.36. The van der Waals surface area contributed by atoms with Crippen LogP contribution >= 0.6 is 0 Å². The highest BCUT2D eigenvalue weighted by atomic mass is 19.1. The molecule has 0 saturated carbocycles. The van der Waals surface area contributed by atoms with Crippen molar-refractivity contribution in [3.63, 3.8) is 0 Å². The van der Waals surface area contributed by atoms with Crippen LogP contribution in [-0.2, 0) is 4.79 Å². The van der Waals surface area contributed by atoms with Crippen LogP contribution < -0.4 is 4.90 Å². The van der Waals surface area contributed by atoms with Gasteiger partial charge in [-0.05, 0) is 26.0 Å². The Hall–Kier alpha value is -2.16. The number of hydrogen-bond donors (Lipinski definition) is 1. The third kappa shape index (κ3) is 2.94. The van der Waals surface area contributed by atoms with Gasteiger partial charge in [0.2, 0.25) is 0 Å². The third-order valence-electron chi connectivity index (χ3n) is 2.36. The van der Waals surface area contributed by atoms with Crippen LogP contribution in [0.2, 0.25) is 0 Å². The number of aliphatic carboxylic acids is 1.